The molecule has 1 aliphatic rings. The van der Waals surface area contributed by atoms with E-state index < -0.39 is 0 Å². The van der Waals surface area contributed by atoms with Crippen molar-refractivity contribution in [3.63, 3.8) is 0 Å². The van der Waals surface area contributed by atoms with E-state index in [1.165, 1.54) is 0 Å². The topological polar surface area (TPSA) is 74.8 Å². The van der Waals surface area contributed by atoms with E-state index in [1.54, 1.807) is 47.4 Å². The van der Waals surface area contributed by atoms with Gasteiger partial charge in [0, 0.05) is 31.9 Å². The van der Waals surface area contributed by atoms with Crippen molar-refractivity contribution >= 4 is 17.5 Å². The summed E-state index contributed by atoms with van der Waals surface area (Å²) in [7, 11) is 0. The van der Waals surface area contributed by atoms with Gasteiger partial charge in [0.05, 0.1) is 6.61 Å². The van der Waals surface area contributed by atoms with Crippen molar-refractivity contribution < 1.29 is 14.3 Å². The fourth-order valence-electron chi connectivity index (χ4n) is 3.11. The number of nitrogens with zero attached hydrogens (tertiary/aromatic N) is 3. The van der Waals surface area contributed by atoms with Gasteiger partial charge in [0.1, 0.15) is 17.1 Å². The maximum Gasteiger partial charge on any atom is 0.274 e. The van der Waals surface area contributed by atoms with Crippen LogP contribution < -0.4 is 10.1 Å². The Bertz CT molecular complexity index is 815. The Morgan fingerprint density at radius 3 is 2.32 bits per heavy atom. The molecule has 1 N–H and O–H groups in total. The molecule has 1 saturated heterocycles. The fraction of sp³-hybridized carbons (Fsp3) is 0.381. The van der Waals surface area contributed by atoms with E-state index in [9.17, 15) is 9.59 Å². The molecule has 3 rings (SSSR count). The Morgan fingerprint density at radius 2 is 1.68 bits per heavy atom. The van der Waals surface area contributed by atoms with E-state index >= 15 is 0 Å². The van der Waals surface area contributed by atoms with Crippen LogP contribution in [0.25, 0.3) is 0 Å². The third-order valence-corrected chi connectivity index (χ3v) is 4.73. The van der Waals surface area contributed by atoms with Gasteiger partial charge in [-0.3, -0.25) is 9.59 Å². The highest BCUT2D eigenvalue weighted by atomic mass is 16.5. The van der Waals surface area contributed by atoms with Crippen LogP contribution in [0.15, 0.2) is 42.5 Å². The molecule has 28 heavy (non-hydrogen) atoms. The Hall–Kier alpha value is -2.93. The Morgan fingerprint density at radius 1 is 1.00 bits per heavy atom. The number of piperazine rings is 1. The van der Waals surface area contributed by atoms with Crippen LogP contribution in [0.2, 0.25) is 0 Å². The summed E-state index contributed by atoms with van der Waals surface area (Å²) in [5, 5.41) is 2.80. The van der Waals surface area contributed by atoms with E-state index in [4.69, 9.17) is 4.74 Å². The minimum atomic E-state index is -0.352. The van der Waals surface area contributed by atoms with Crippen LogP contribution in [-0.2, 0) is 0 Å². The number of hydrogen-bond donors (Lipinski definition) is 1. The van der Waals surface area contributed by atoms with Gasteiger partial charge in [0.2, 0.25) is 0 Å². The van der Waals surface area contributed by atoms with Crippen LogP contribution in [0.5, 0.6) is 5.75 Å². The number of carbonyl (C=O) groups is 2. The van der Waals surface area contributed by atoms with E-state index in [-0.39, 0.29) is 17.5 Å². The third-order valence-electron chi connectivity index (χ3n) is 4.73. The number of pyridine rings is 1. The van der Waals surface area contributed by atoms with Crippen LogP contribution in [0.4, 0.5) is 5.69 Å². The number of nitrogens with one attached hydrogen (secondary N) is 1. The summed E-state index contributed by atoms with van der Waals surface area (Å²) in [5.41, 5.74) is 1.15. The molecule has 1 aliphatic heterocycles. The molecule has 2 aromatic rings. The van der Waals surface area contributed by atoms with Gasteiger partial charge in [0.25, 0.3) is 11.8 Å². The lowest BCUT2D eigenvalue weighted by Gasteiger charge is -2.33. The highest BCUT2D eigenvalue weighted by molar-refractivity contribution is 6.03. The van der Waals surface area contributed by atoms with Crippen LogP contribution in [-0.4, -0.2) is 65.9 Å². The van der Waals surface area contributed by atoms with E-state index in [0.717, 1.165) is 25.4 Å². The van der Waals surface area contributed by atoms with Gasteiger partial charge in [-0.15, -0.1) is 0 Å². The fourth-order valence-corrected chi connectivity index (χ4v) is 3.11. The number of anilines is 1. The first kappa shape index (κ1) is 19.8. The van der Waals surface area contributed by atoms with Crippen molar-refractivity contribution in [3.05, 3.63) is 53.9 Å². The molecule has 2 amide bonds. The molecule has 0 spiro atoms. The molecule has 0 atom stereocenters. The lowest BCUT2D eigenvalue weighted by molar-refractivity contribution is 0.0637. The molecule has 1 aromatic heterocycles. The van der Waals surface area contributed by atoms with E-state index in [0.29, 0.717) is 31.1 Å². The number of hydrogen-bond acceptors (Lipinski definition) is 5. The van der Waals surface area contributed by atoms with Crippen molar-refractivity contribution in [2.45, 2.75) is 13.8 Å². The molecule has 1 fully saturated rings. The minimum Gasteiger partial charge on any atom is -0.494 e. The number of aromatic nitrogens is 1. The molecule has 148 valence electrons. The molecule has 0 unspecified atom stereocenters. The highest BCUT2D eigenvalue weighted by Gasteiger charge is 2.23. The molecule has 0 aliphatic carbocycles. The summed E-state index contributed by atoms with van der Waals surface area (Å²) in [6.07, 6.45) is 0. The van der Waals surface area contributed by atoms with Gasteiger partial charge < -0.3 is 19.9 Å². The molecular weight excluding hydrogens is 356 g/mol. The van der Waals surface area contributed by atoms with Gasteiger partial charge in [-0.1, -0.05) is 13.0 Å². The Kier molecular flexibility index (Phi) is 6.60. The Labute approximate surface area is 165 Å². The van der Waals surface area contributed by atoms with E-state index in [2.05, 4.69) is 22.1 Å². The second-order valence-corrected chi connectivity index (χ2v) is 6.55. The SMILES string of the molecule is CCOc1ccc(NC(=O)c2cccc(C(=O)N3CCN(CC)CC3)n2)cc1. The van der Waals surface area contributed by atoms with Gasteiger partial charge in [-0.2, -0.15) is 0 Å². The zero-order valence-electron chi connectivity index (χ0n) is 16.4. The number of rotatable bonds is 6. The zero-order chi connectivity index (χ0) is 19.9. The molecule has 0 saturated carbocycles. The van der Waals surface area contributed by atoms with Gasteiger partial charge >= 0.3 is 0 Å². The minimum absolute atomic E-state index is 0.133. The third kappa shape index (κ3) is 4.86. The maximum atomic E-state index is 12.7. The maximum absolute atomic E-state index is 12.7. The second-order valence-electron chi connectivity index (χ2n) is 6.55. The number of carbonyl (C=O) groups excluding carboxylic acids is 2. The Balaban J connectivity index is 1.65. The molecule has 1 aromatic carbocycles. The smallest absolute Gasteiger partial charge is 0.274 e. The average Bonchev–Trinajstić information content (AvgIpc) is 2.75. The van der Waals surface area contributed by atoms with Gasteiger partial charge in [0.15, 0.2) is 0 Å². The number of amides is 2. The van der Waals surface area contributed by atoms with Crippen molar-refractivity contribution in [2.24, 2.45) is 0 Å². The molecule has 7 heteroatoms. The lowest BCUT2D eigenvalue weighted by atomic mass is 10.2. The summed E-state index contributed by atoms with van der Waals surface area (Å²) < 4.78 is 5.39. The van der Waals surface area contributed by atoms with Crippen molar-refractivity contribution in [2.75, 3.05) is 44.6 Å². The highest BCUT2D eigenvalue weighted by Crippen LogP contribution is 2.16. The molecular formula is C21H26N4O3. The standard InChI is InChI=1S/C21H26N4O3/c1-3-24-12-14-25(15-13-24)21(27)19-7-5-6-18(23-19)20(26)22-16-8-10-17(11-9-16)28-4-2/h5-11H,3-4,12-15H2,1-2H3,(H,22,26). The van der Waals surface area contributed by atoms with Crippen LogP contribution >= 0.6 is 0 Å². The van der Waals surface area contributed by atoms with Crippen LogP contribution in [0.3, 0.4) is 0 Å². The second kappa shape index (κ2) is 9.32. The lowest BCUT2D eigenvalue weighted by Crippen LogP contribution is -2.48. The largest absolute Gasteiger partial charge is 0.494 e. The van der Waals surface area contributed by atoms with Crippen LogP contribution in [0.1, 0.15) is 34.8 Å². The summed E-state index contributed by atoms with van der Waals surface area (Å²) in [5.74, 6) is 0.260. The predicted molar refractivity (Wildman–Crippen MR) is 108 cm³/mol. The average molecular weight is 382 g/mol. The van der Waals surface area contributed by atoms with Crippen molar-refractivity contribution in [3.8, 4) is 5.75 Å². The first-order chi connectivity index (χ1) is 13.6. The normalized spacial score (nSPS) is 14.6. The number of ether oxygens (including phenoxy) is 1. The van der Waals surface area contributed by atoms with Crippen molar-refractivity contribution in [1.82, 2.24) is 14.8 Å². The number of likely N-dealkylation sites (N-methyl/N-ethyl adjacent to an activating group) is 1. The summed E-state index contributed by atoms with van der Waals surface area (Å²) in [6.45, 7) is 8.69. The van der Waals surface area contributed by atoms with E-state index in [1.807, 2.05) is 6.92 Å². The molecule has 0 radical (unpaired) electrons. The number of benzene rings is 1. The van der Waals surface area contributed by atoms with Gasteiger partial charge in [-0.05, 0) is 49.9 Å². The first-order valence-corrected chi connectivity index (χ1v) is 9.63. The zero-order valence-corrected chi connectivity index (χ0v) is 16.4. The predicted octanol–water partition coefficient (Wildman–Crippen LogP) is 2.51. The monoisotopic (exact) mass is 382 g/mol. The summed E-state index contributed by atoms with van der Waals surface area (Å²) >= 11 is 0. The molecule has 7 nitrogen and oxygen atoms in total. The molecule has 0 bridgehead atoms. The quantitative estimate of drug-likeness (QED) is 0.831. The van der Waals surface area contributed by atoms with Crippen LogP contribution in [0, 0.1) is 0 Å². The summed E-state index contributed by atoms with van der Waals surface area (Å²) in [6, 6.07) is 12.1. The molecule has 2 heterocycles. The first-order valence-electron chi connectivity index (χ1n) is 9.63. The summed E-state index contributed by atoms with van der Waals surface area (Å²) in [4.78, 5) is 33.6. The van der Waals surface area contributed by atoms with Crippen molar-refractivity contribution in [1.29, 1.82) is 0 Å². The van der Waals surface area contributed by atoms with Gasteiger partial charge in [-0.25, -0.2) is 4.98 Å².